The monoisotopic (exact) mass is 336 g/mol. The number of carbonyl (C=O) groups is 2. The molecule has 8 atom stereocenters. The maximum absolute atomic E-state index is 12.1. The van der Waals surface area contributed by atoms with Crippen molar-refractivity contribution in [2.24, 2.45) is 23.7 Å². The second-order valence-corrected chi connectivity index (χ2v) is 8.29. The summed E-state index contributed by atoms with van der Waals surface area (Å²) in [5, 5.41) is 0. The van der Waals surface area contributed by atoms with Gasteiger partial charge in [-0.25, -0.2) is 4.79 Å². The van der Waals surface area contributed by atoms with Crippen molar-refractivity contribution in [3.8, 4) is 0 Å². The largest absolute Gasteiger partial charge is 0.509 e. The molecule has 4 bridgehead atoms. The van der Waals surface area contributed by atoms with Gasteiger partial charge in [-0.15, -0.1) is 0 Å². The number of fused-ring (bicyclic) bond motifs is 9. The van der Waals surface area contributed by atoms with Gasteiger partial charge in [0.2, 0.25) is 0 Å². The zero-order chi connectivity index (χ0) is 17.2. The molecule has 2 aliphatic heterocycles. The number of esters is 1. The predicted molar refractivity (Wildman–Crippen MR) is 83.0 cm³/mol. The number of rotatable bonds is 2. The smallest absolute Gasteiger partial charge is 0.456 e. The van der Waals surface area contributed by atoms with Crippen LogP contribution in [0.2, 0.25) is 0 Å². The Labute approximate surface area is 141 Å². The fourth-order valence-electron chi connectivity index (χ4n) is 5.00. The fourth-order valence-corrected chi connectivity index (χ4v) is 5.00. The summed E-state index contributed by atoms with van der Waals surface area (Å²) < 4.78 is 22.4. The van der Waals surface area contributed by atoms with Gasteiger partial charge in [0, 0.05) is 18.8 Å². The van der Waals surface area contributed by atoms with Crippen molar-refractivity contribution in [3.05, 3.63) is 12.2 Å². The molecule has 24 heavy (non-hydrogen) atoms. The SMILES string of the molecule is CC(=O)OC1C(OC(=O)OC(C)(C)C)C2OC1C1C3C=CC(C3)C21. The normalized spacial score (nSPS) is 44.5. The summed E-state index contributed by atoms with van der Waals surface area (Å²) in [7, 11) is 0. The molecule has 132 valence electrons. The molecule has 0 aromatic heterocycles. The molecule has 1 saturated carbocycles. The highest BCUT2D eigenvalue weighted by atomic mass is 16.8. The van der Waals surface area contributed by atoms with E-state index in [0.29, 0.717) is 23.7 Å². The minimum absolute atomic E-state index is 0.198. The van der Waals surface area contributed by atoms with Gasteiger partial charge in [0.05, 0.1) is 0 Å². The van der Waals surface area contributed by atoms with Gasteiger partial charge < -0.3 is 18.9 Å². The molecule has 0 N–H and O–H groups in total. The van der Waals surface area contributed by atoms with E-state index in [2.05, 4.69) is 12.2 Å². The van der Waals surface area contributed by atoms with E-state index < -0.39 is 24.0 Å². The topological polar surface area (TPSA) is 71.1 Å². The predicted octanol–water partition coefficient (Wildman–Crippen LogP) is 2.46. The molecule has 2 aliphatic carbocycles. The maximum Gasteiger partial charge on any atom is 0.509 e. The van der Waals surface area contributed by atoms with Crippen molar-refractivity contribution in [2.75, 3.05) is 0 Å². The van der Waals surface area contributed by atoms with Crippen molar-refractivity contribution in [1.29, 1.82) is 0 Å². The maximum atomic E-state index is 12.1. The van der Waals surface area contributed by atoms with Crippen molar-refractivity contribution in [3.63, 3.8) is 0 Å². The quantitative estimate of drug-likeness (QED) is 0.570. The second-order valence-electron chi connectivity index (χ2n) is 8.29. The lowest BCUT2D eigenvalue weighted by Gasteiger charge is -2.37. The van der Waals surface area contributed by atoms with E-state index in [1.54, 1.807) is 20.8 Å². The van der Waals surface area contributed by atoms with Gasteiger partial charge in [-0.05, 0) is 39.0 Å². The summed E-state index contributed by atoms with van der Waals surface area (Å²) in [5.41, 5.74) is -0.635. The third kappa shape index (κ3) is 2.42. The number of allylic oxidation sites excluding steroid dienone is 2. The highest BCUT2D eigenvalue weighted by molar-refractivity contribution is 5.66. The van der Waals surface area contributed by atoms with Gasteiger partial charge >= 0.3 is 12.1 Å². The third-order valence-corrected chi connectivity index (χ3v) is 5.55. The van der Waals surface area contributed by atoms with Crippen LogP contribution in [0.25, 0.3) is 0 Å². The molecular formula is C18H24O6. The molecule has 0 radical (unpaired) electrons. The lowest BCUT2D eigenvalue weighted by atomic mass is 9.71. The zero-order valence-corrected chi connectivity index (χ0v) is 14.4. The van der Waals surface area contributed by atoms with Crippen LogP contribution in [0.5, 0.6) is 0 Å². The first kappa shape index (κ1) is 15.9. The summed E-state index contributed by atoms with van der Waals surface area (Å²) in [6, 6.07) is 0. The second kappa shape index (κ2) is 5.22. The molecule has 4 aliphatic rings. The van der Waals surface area contributed by atoms with Gasteiger partial charge in [0.15, 0.2) is 12.2 Å². The Balaban J connectivity index is 1.55. The Morgan fingerprint density at radius 1 is 1.00 bits per heavy atom. The van der Waals surface area contributed by atoms with Crippen LogP contribution in [0.15, 0.2) is 12.2 Å². The van der Waals surface area contributed by atoms with E-state index in [0.717, 1.165) is 6.42 Å². The summed E-state index contributed by atoms with van der Waals surface area (Å²) in [6.07, 6.45) is 3.32. The number of ether oxygens (including phenoxy) is 4. The molecule has 0 spiro atoms. The third-order valence-electron chi connectivity index (χ3n) is 5.55. The van der Waals surface area contributed by atoms with Crippen molar-refractivity contribution < 1.29 is 28.5 Å². The van der Waals surface area contributed by atoms with Crippen LogP contribution in [-0.2, 0) is 23.7 Å². The van der Waals surface area contributed by atoms with E-state index in [9.17, 15) is 9.59 Å². The molecule has 8 unspecified atom stereocenters. The molecule has 2 saturated heterocycles. The molecule has 3 fully saturated rings. The van der Waals surface area contributed by atoms with Crippen LogP contribution in [0.4, 0.5) is 4.79 Å². The van der Waals surface area contributed by atoms with Crippen LogP contribution < -0.4 is 0 Å². The van der Waals surface area contributed by atoms with Crippen molar-refractivity contribution in [2.45, 2.75) is 64.1 Å². The van der Waals surface area contributed by atoms with Crippen LogP contribution >= 0.6 is 0 Å². The molecule has 6 nitrogen and oxygen atoms in total. The lowest BCUT2D eigenvalue weighted by Crippen LogP contribution is -2.51. The minimum atomic E-state index is -0.740. The number of hydrogen-bond acceptors (Lipinski definition) is 6. The summed E-state index contributed by atoms with van der Waals surface area (Å²) in [4.78, 5) is 23.6. The summed E-state index contributed by atoms with van der Waals surface area (Å²) in [5.74, 6) is 1.26. The molecule has 0 aromatic rings. The van der Waals surface area contributed by atoms with E-state index in [1.165, 1.54) is 6.92 Å². The van der Waals surface area contributed by atoms with Crippen LogP contribution in [0.3, 0.4) is 0 Å². The van der Waals surface area contributed by atoms with Gasteiger partial charge in [-0.1, -0.05) is 12.2 Å². The average Bonchev–Trinajstić information content (AvgIpc) is 3.15. The number of hydrogen-bond donors (Lipinski definition) is 0. The molecule has 4 rings (SSSR count). The average molecular weight is 336 g/mol. The lowest BCUT2D eigenvalue weighted by molar-refractivity contribution is -0.158. The highest BCUT2D eigenvalue weighted by Crippen LogP contribution is 2.61. The van der Waals surface area contributed by atoms with E-state index in [-0.39, 0.29) is 18.2 Å². The first-order valence-electron chi connectivity index (χ1n) is 8.65. The van der Waals surface area contributed by atoms with E-state index >= 15 is 0 Å². The Bertz CT molecular complexity index is 591. The van der Waals surface area contributed by atoms with Crippen LogP contribution in [0.1, 0.15) is 34.1 Å². The van der Waals surface area contributed by atoms with E-state index in [1.807, 2.05) is 0 Å². The Hall–Kier alpha value is -1.56. The molecular weight excluding hydrogens is 312 g/mol. The van der Waals surface area contributed by atoms with Gasteiger partial charge in [-0.3, -0.25) is 4.79 Å². The summed E-state index contributed by atoms with van der Waals surface area (Å²) >= 11 is 0. The molecule has 0 amide bonds. The molecule has 0 aromatic carbocycles. The molecule has 6 heteroatoms. The minimum Gasteiger partial charge on any atom is -0.456 e. The van der Waals surface area contributed by atoms with Crippen LogP contribution in [0, 0.1) is 23.7 Å². The van der Waals surface area contributed by atoms with Gasteiger partial charge in [0.25, 0.3) is 0 Å². The van der Waals surface area contributed by atoms with E-state index in [4.69, 9.17) is 18.9 Å². The van der Waals surface area contributed by atoms with Crippen molar-refractivity contribution in [1.82, 2.24) is 0 Å². The number of carbonyl (C=O) groups excluding carboxylic acids is 2. The Morgan fingerprint density at radius 2 is 1.54 bits per heavy atom. The highest BCUT2D eigenvalue weighted by Gasteiger charge is 2.68. The fraction of sp³-hybridized carbons (Fsp3) is 0.778. The van der Waals surface area contributed by atoms with Gasteiger partial charge in [0.1, 0.15) is 17.8 Å². The van der Waals surface area contributed by atoms with Crippen LogP contribution in [-0.4, -0.2) is 42.1 Å². The Morgan fingerprint density at radius 3 is 2.04 bits per heavy atom. The first-order chi connectivity index (χ1) is 11.2. The zero-order valence-electron chi connectivity index (χ0n) is 14.4. The first-order valence-corrected chi connectivity index (χ1v) is 8.65. The molecule has 2 heterocycles. The standard InChI is InChI=1S/C18H24O6/c1-8(19)21-15-13-11-9-5-6-10(7-9)12(11)14(22-13)16(15)23-17(20)24-18(2,3)4/h5-6,9-16H,7H2,1-4H3. The summed E-state index contributed by atoms with van der Waals surface area (Å²) in [6.45, 7) is 6.72. The van der Waals surface area contributed by atoms with Crippen molar-refractivity contribution >= 4 is 12.1 Å². The Kier molecular flexibility index (Phi) is 3.46. The van der Waals surface area contributed by atoms with Gasteiger partial charge in [-0.2, -0.15) is 0 Å².